The second kappa shape index (κ2) is 12.1. The summed E-state index contributed by atoms with van der Waals surface area (Å²) in [6, 6.07) is 9.16. The lowest BCUT2D eigenvalue weighted by Gasteiger charge is -2.16. The number of likely N-dealkylation sites (N-methyl/N-ethyl adjacent to an activating group) is 1. The molecule has 0 radical (unpaired) electrons. The number of esters is 1. The summed E-state index contributed by atoms with van der Waals surface area (Å²) in [4.78, 5) is 36.9. The summed E-state index contributed by atoms with van der Waals surface area (Å²) in [5.74, 6) is -2.55. The van der Waals surface area contributed by atoms with Crippen molar-refractivity contribution in [2.24, 2.45) is 0 Å². The van der Waals surface area contributed by atoms with Gasteiger partial charge in [0.1, 0.15) is 5.82 Å². The zero-order valence-corrected chi connectivity index (χ0v) is 17.7. The molecule has 2 aromatic carbocycles. The van der Waals surface area contributed by atoms with Crippen LogP contribution in [0.5, 0.6) is 11.5 Å². The average Bonchev–Trinajstić information content (AvgIpc) is 2.77. The Morgan fingerprint density at radius 2 is 1.79 bits per heavy atom. The van der Waals surface area contributed by atoms with Crippen molar-refractivity contribution in [2.45, 2.75) is 6.61 Å². The topological polar surface area (TPSA) is 94.2 Å². The molecule has 2 rings (SSSR count). The molecule has 0 spiro atoms. The molecular weight excluding hydrogens is 445 g/mol. The van der Waals surface area contributed by atoms with Gasteiger partial charge in [-0.3, -0.25) is 9.59 Å². The summed E-state index contributed by atoms with van der Waals surface area (Å²) in [6.45, 7) is -3.93. The molecule has 0 aromatic heterocycles. The van der Waals surface area contributed by atoms with E-state index in [4.69, 9.17) is 9.47 Å². The van der Waals surface area contributed by atoms with Crippen LogP contribution in [0.3, 0.4) is 0 Å². The zero-order chi connectivity index (χ0) is 24.4. The van der Waals surface area contributed by atoms with E-state index in [1.54, 1.807) is 0 Å². The molecule has 2 amide bonds. The van der Waals surface area contributed by atoms with Crippen LogP contribution in [-0.2, 0) is 19.1 Å². The predicted octanol–water partition coefficient (Wildman–Crippen LogP) is 3.09. The van der Waals surface area contributed by atoms with Crippen molar-refractivity contribution in [3.8, 4) is 11.5 Å². The van der Waals surface area contributed by atoms with E-state index in [-0.39, 0.29) is 18.0 Å². The van der Waals surface area contributed by atoms with Gasteiger partial charge in [-0.1, -0.05) is 6.07 Å². The molecule has 1 N–H and O–H groups in total. The van der Waals surface area contributed by atoms with Gasteiger partial charge in [0, 0.05) is 18.8 Å². The molecule has 0 aliphatic rings. The number of alkyl halides is 2. The minimum absolute atomic E-state index is 0.0431. The van der Waals surface area contributed by atoms with Crippen molar-refractivity contribution in [2.75, 3.05) is 32.6 Å². The summed E-state index contributed by atoms with van der Waals surface area (Å²) in [5, 5.41) is 2.50. The van der Waals surface area contributed by atoms with Crippen molar-refractivity contribution >= 4 is 29.5 Å². The molecule has 0 heterocycles. The first-order valence-electron chi connectivity index (χ1n) is 9.45. The van der Waals surface area contributed by atoms with Crippen molar-refractivity contribution in [3.63, 3.8) is 0 Å². The van der Waals surface area contributed by atoms with Crippen LogP contribution in [0, 0.1) is 5.82 Å². The van der Waals surface area contributed by atoms with E-state index in [1.807, 2.05) is 0 Å². The summed E-state index contributed by atoms with van der Waals surface area (Å²) in [6.07, 6.45) is 2.37. The lowest BCUT2D eigenvalue weighted by atomic mass is 10.2. The van der Waals surface area contributed by atoms with Gasteiger partial charge < -0.3 is 24.4 Å². The molecule has 2 aromatic rings. The number of benzene rings is 2. The number of nitrogens with one attached hydrogen (secondary N) is 1. The van der Waals surface area contributed by atoms with Crippen LogP contribution < -0.4 is 14.8 Å². The van der Waals surface area contributed by atoms with Crippen molar-refractivity contribution in [1.29, 1.82) is 0 Å². The Kier molecular flexibility index (Phi) is 9.28. The number of hydrogen-bond donors (Lipinski definition) is 1. The Bertz CT molecular complexity index is 1010. The number of amides is 2. The highest BCUT2D eigenvalue weighted by atomic mass is 19.3. The number of ether oxygens (including phenoxy) is 3. The molecule has 0 atom stereocenters. The summed E-state index contributed by atoms with van der Waals surface area (Å²) in [5.41, 5.74) is 0.801. The van der Waals surface area contributed by atoms with Crippen molar-refractivity contribution in [3.05, 3.63) is 59.9 Å². The molecule has 0 aliphatic heterocycles. The fourth-order valence-electron chi connectivity index (χ4n) is 2.47. The van der Waals surface area contributed by atoms with E-state index in [1.165, 1.54) is 62.7 Å². The van der Waals surface area contributed by atoms with Crippen molar-refractivity contribution < 1.29 is 41.8 Å². The van der Waals surface area contributed by atoms with Crippen LogP contribution in [0.2, 0.25) is 0 Å². The molecule has 176 valence electrons. The highest BCUT2D eigenvalue weighted by Gasteiger charge is 2.15. The van der Waals surface area contributed by atoms with Gasteiger partial charge in [-0.25, -0.2) is 9.18 Å². The van der Waals surface area contributed by atoms with Gasteiger partial charge >= 0.3 is 12.6 Å². The third-order valence-corrected chi connectivity index (χ3v) is 4.09. The Morgan fingerprint density at radius 3 is 2.42 bits per heavy atom. The average molecular weight is 466 g/mol. The third-order valence-electron chi connectivity index (χ3n) is 4.09. The number of carbonyl (C=O) groups excluding carboxylic acids is 3. The van der Waals surface area contributed by atoms with Crippen LogP contribution in [0.15, 0.2) is 48.5 Å². The van der Waals surface area contributed by atoms with Crippen LogP contribution in [0.4, 0.5) is 18.9 Å². The normalized spacial score (nSPS) is 10.7. The zero-order valence-electron chi connectivity index (χ0n) is 17.7. The van der Waals surface area contributed by atoms with E-state index in [0.717, 1.165) is 11.0 Å². The molecule has 8 nitrogen and oxygen atoms in total. The van der Waals surface area contributed by atoms with Gasteiger partial charge in [0.2, 0.25) is 5.91 Å². The summed E-state index contributed by atoms with van der Waals surface area (Å²) in [7, 11) is 2.63. The van der Waals surface area contributed by atoms with Crippen LogP contribution >= 0.6 is 0 Å². The van der Waals surface area contributed by atoms with Crippen LogP contribution in [-0.4, -0.2) is 56.6 Å². The first kappa shape index (κ1) is 25.2. The number of methoxy groups -OCH3 is 1. The van der Waals surface area contributed by atoms with E-state index in [0.29, 0.717) is 11.3 Å². The number of rotatable bonds is 10. The summed E-state index contributed by atoms with van der Waals surface area (Å²) >= 11 is 0. The highest BCUT2D eigenvalue weighted by Crippen LogP contribution is 2.29. The molecule has 33 heavy (non-hydrogen) atoms. The fourth-order valence-corrected chi connectivity index (χ4v) is 2.47. The minimum Gasteiger partial charge on any atom is -0.493 e. The molecule has 0 bridgehead atoms. The van der Waals surface area contributed by atoms with Gasteiger partial charge in [0.15, 0.2) is 18.1 Å². The van der Waals surface area contributed by atoms with Gasteiger partial charge in [0.05, 0.1) is 13.7 Å². The molecule has 0 unspecified atom stereocenters. The Balaban J connectivity index is 1.81. The largest absolute Gasteiger partial charge is 0.493 e. The maximum Gasteiger partial charge on any atom is 0.387 e. The Hall–Kier alpha value is -4.02. The smallest absolute Gasteiger partial charge is 0.387 e. The van der Waals surface area contributed by atoms with Crippen molar-refractivity contribution in [1.82, 2.24) is 4.90 Å². The highest BCUT2D eigenvalue weighted by molar-refractivity contribution is 5.95. The monoisotopic (exact) mass is 466 g/mol. The molecule has 0 aliphatic carbocycles. The number of halogens is 3. The number of hydrogen-bond acceptors (Lipinski definition) is 6. The Labute approximate surface area is 187 Å². The maximum atomic E-state index is 12.9. The van der Waals surface area contributed by atoms with Gasteiger partial charge in [0.25, 0.3) is 5.91 Å². The van der Waals surface area contributed by atoms with Gasteiger partial charge in [-0.15, -0.1) is 0 Å². The lowest BCUT2D eigenvalue weighted by molar-refractivity contribution is -0.148. The number of anilines is 1. The molecule has 0 saturated carbocycles. The quantitative estimate of drug-likeness (QED) is 0.427. The first-order valence-corrected chi connectivity index (χ1v) is 9.45. The maximum absolute atomic E-state index is 12.9. The first-order chi connectivity index (χ1) is 15.7. The Morgan fingerprint density at radius 1 is 1.09 bits per heavy atom. The van der Waals surface area contributed by atoms with Crippen LogP contribution in [0.25, 0.3) is 6.08 Å². The van der Waals surface area contributed by atoms with Gasteiger partial charge in [-0.2, -0.15) is 8.78 Å². The van der Waals surface area contributed by atoms with E-state index < -0.39 is 36.8 Å². The minimum atomic E-state index is -3.01. The third kappa shape index (κ3) is 8.56. The summed E-state index contributed by atoms with van der Waals surface area (Å²) < 4.78 is 51.7. The molecule has 0 fully saturated rings. The lowest BCUT2D eigenvalue weighted by Crippen LogP contribution is -2.37. The standard InChI is InChI=1S/C22H21F3N2O6/c1-27(12-19(28)26-16-7-5-15(23)6-8-16)20(29)13-32-21(30)10-4-14-3-9-17(33-22(24)25)18(11-14)31-2/h3-11,22H,12-13H2,1-2H3,(H,26,28). The van der Waals surface area contributed by atoms with E-state index in [2.05, 4.69) is 10.1 Å². The van der Waals surface area contributed by atoms with E-state index in [9.17, 15) is 27.6 Å². The predicted molar refractivity (Wildman–Crippen MR) is 112 cm³/mol. The van der Waals surface area contributed by atoms with E-state index >= 15 is 0 Å². The molecular formula is C22H21F3N2O6. The number of nitrogens with zero attached hydrogens (tertiary/aromatic N) is 1. The van der Waals surface area contributed by atoms with Crippen LogP contribution in [0.1, 0.15) is 5.56 Å². The number of carbonyl (C=O) groups is 3. The SMILES string of the molecule is COc1cc(C=CC(=O)OCC(=O)N(C)CC(=O)Nc2ccc(F)cc2)ccc1OC(F)F. The molecule has 11 heteroatoms. The molecule has 0 saturated heterocycles. The second-order valence-corrected chi connectivity index (χ2v) is 6.53. The second-order valence-electron chi connectivity index (χ2n) is 6.53. The fraction of sp³-hybridized carbons (Fsp3) is 0.227. The van der Waals surface area contributed by atoms with Gasteiger partial charge in [-0.05, 0) is 48.0 Å².